The fourth-order valence-corrected chi connectivity index (χ4v) is 1.83. The maximum Gasteiger partial charge on any atom is 0.209 e. The highest BCUT2D eigenvalue weighted by Gasteiger charge is 2.19. The first-order chi connectivity index (χ1) is 5.84. The summed E-state index contributed by atoms with van der Waals surface area (Å²) < 4.78 is 0. The summed E-state index contributed by atoms with van der Waals surface area (Å²) in [4.78, 5) is 10.1. The first-order valence-corrected chi connectivity index (χ1v) is 4.72. The molecule has 70 valence electrons. The number of aliphatic hydroxyl groups is 1. The van der Waals surface area contributed by atoms with Gasteiger partial charge in [-0.05, 0) is 12.8 Å². The Kier molecular flexibility index (Phi) is 4.08. The summed E-state index contributed by atoms with van der Waals surface area (Å²) in [5.41, 5.74) is 0. The van der Waals surface area contributed by atoms with E-state index in [4.69, 9.17) is 0 Å². The van der Waals surface area contributed by atoms with Gasteiger partial charge in [0.1, 0.15) is 6.23 Å². The van der Waals surface area contributed by atoms with Crippen LogP contribution in [-0.4, -0.2) is 17.7 Å². The van der Waals surface area contributed by atoms with Crippen molar-refractivity contribution < 1.29 is 9.90 Å². The largest absolute Gasteiger partial charge is 0.373 e. The Balaban J connectivity index is 2.31. The van der Waals surface area contributed by atoms with Crippen molar-refractivity contribution in [3.05, 3.63) is 0 Å². The number of carbonyl (C=O) groups is 1. The summed E-state index contributed by atoms with van der Waals surface area (Å²) in [5.74, 6) is 0.276. The zero-order valence-electron chi connectivity index (χ0n) is 7.33. The molecule has 2 N–H and O–H groups in total. The molecular weight excluding hydrogens is 154 g/mol. The fraction of sp³-hybridized carbons (Fsp3) is 0.889. The summed E-state index contributed by atoms with van der Waals surface area (Å²) >= 11 is 0. The van der Waals surface area contributed by atoms with Gasteiger partial charge in [0.25, 0.3) is 0 Å². The van der Waals surface area contributed by atoms with Crippen LogP contribution in [0.4, 0.5) is 0 Å². The monoisotopic (exact) mass is 171 g/mol. The van der Waals surface area contributed by atoms with Crippen LogP contribution in [0.25, 0.3) is 0 Å². The predicted octanol–water partition coefficient (Wildman–Crippen LogP) is 1.02. The van der Waals surface area contributed by atoms with E-state index in [1.165, 1.54) is 25.7 Å². The van der Waals surface area contributed by atoms with Crippen LogP contribution in [0.2, 0.25) is 0 Å². The van der Waals surface area contributed by atoms with Crippen LogP contribution in [0.15, 0.2) is 0 Å². The normalized spacial score (nSPS) is 22.8. The number of hydrogen-bond donors (Lipinski definition) is 2. The Bertz CT molecular complexity index is 130. The molecule has 1 fully saturated rings. The third kappa shape index (κ3) is 2.81. The molecule has 0 saturated heterocycles. The van der Waals surface area contributed by atoms with E-state index in [0.717, 1.165) is 12.8 Å². The fourth-order valence-electron chi connectivity index (χ4n) is 1.83. The van der Waals surface area contributed by atoms with Crippen molar-refractivity contribution in [2.45, 2.75) is 44.8 Å². The van der Waals surface area contributed by atoms with Gasteiger partial charge in [-0.1, -0.05) is 25.7 Å². The second-order valence-electron chi connectivity index (χ2n) is 3.48. The minimum atomic E-state index is -0.624. The molecule has 0 aromatic carbocycles. The van der Waals surface area contributed by atoms with E-state index in [0.29, 0.717) is 6.41 Å². The van der Waals surface area contributed by atoms with Crippen molar-refractivity contribution in [3.8, 4) is 0 Å². The lowest BCUT2D eigenvalue weighted by molar-refractivity contribution is -0.113. The molecule has 0 radical (unpaired) electrons. The van der Waals surface area contributed by atoms with Crippen molar-refractivity contribution in [3.63, 3.8) is 0 Å². The average Bonchev–Trinajstić information content (AvgIpc) is 2.32. The number of hydrogen-bond acceptors (Lipinski definition) is 2. The molecule has 1 aliphatic rings. The molecule has 1 rings (SSSR count). The minimum absolute atomic E-state index is 0.276. The molecule has 0 heterocycles. The summed E-state index contributed by atoms with van der Waals surface area (Å²) in [7, 11) is 0. The maximum atomic E-state index is 10.1. The van der Waals surface area contributed by atoms with E-state index in [1.54, 1.807) is 0 Å². The van der Waals surface area contributed by atoms with Crippen molar-refractivity contribution in [1.82, 2.24) is 5.32 Å². The van der Waals surface area contributed by atoms with Crippen LogP contribution in [0.3, 0.4) is 0 Å². The summed E-state index contributed by atoms with van der Waals surface area (Å²) in [6, 6.07) is 0. The Hall–Kier alpha value is -0.570. The van der Waals surface area contributed by atoms with Gasteiger partial charge in [-0.2, -0.15) is 0 Å². The van der Waals surface area contributed by atoms with Crippen LogP contribution >= 0.6 is 0 Å². The van der Waals surface area contributed by atoms with E-state index >= 15 is 0 Å². The lowest BCUT2D eigenvalue weighted by atomic mass is 9.99. The molecule has 1 amide bonds. The van der Waals surface area contributed by atoms with Crippen molar-refractivity contribution in [2.24, 2.45) is 5.92 Å². The van der Waals surface area contributed by atoms with Gasteiger partial charge in [-0.15, -0.1) is 0 Å². The Morgan fingerprint density at radius 2 is 1.83 bits per heavy atom. The van der Waals surface area contributed by atoms with Gasteiger partial charge in [0.2, 0.25) is 6.41 Å². The highest BCUT2D eigenvalue weighted by molar-refractivity contribution is 5.46. The van der Waals surface area contributed by atoms with Crippen LogP contribution in [-0.2, 0) is 4.79 Å². The van der Waals surface area contributed by atoms with E-state index < -0.39 is 6.23 Å². The molecule has 3 heteroatoms. The smallest absolute Gasteiger partial charge is 0.209 e. The number of carbonyl (C=O) groups excluding carboxylic acids is 1. The number of rotatable bonds is 3. The van der Waals surface area contributed by atoms with Crippen LogP contribution in [0.5, 0.6) is 0 Å². The summed E-state index contributed by atoms with van der Waals surface area (Å²) in [6.07, 6.45) is 6.94. The van der Waals surface area contributed by atoms with Crippen LogP contribution in [0, 0.1) is 5.92 Å². The van der Waals surface area contributed by atoms with Gasteiger partial charge in [0.15, 0.2) is 0 Å². The van der Waals surface area contributed by atoms with Gasteiger partial charge in [-0.25, -0.2) is 0 Å². The Morgan fingerprint density at radius 1 is 1.25 bits per heavy atom. The quantitative estimate of drug-likeness (QED) is 0.378. The number of nitrogens with one attached hydrogen (secondary N) is 1. The molecule has 0 bridgehead atoms. The molecule has 0 aromatic rings. The van der Waals surface area contributed by atoms with Crippen molar-refractivity contribution >= 4 is 6.41 Å². The molecule has 0 spiro atoms. The Labute approximate surface area is 73.2 Å². The second kappa shape index (κ2) is 5.14. The van der Waals surface area contributed by atoms with Gasteiger partial charge >= 0.3 is 0 Å². The first kappa shape index (κ1) is 9.52. The molecule has 0 aliphatic heterocycles. The first-order valence-electron chi connectivity index (χ1n) is 4.72. The zero-order valence-corrected chi connectivity index (χ0v) is 7.33. The second-order valence-corrected chi connectivity index (χ2v) is 3.48. The summed E-state index contributed by atoms with van der Waals surface area (Å²) in [6.45, 7) is 0. The molecule has 1 unspecified atom stereocenters. The third-order valence-corrected chi connectivity index (χ3v) is 2.59. The molecule has 1 atom stereocenters. The van der Waals surface area contributed by atoms with Gasteiger partial charge in [-0.3, -0.25) is 4.79 Å². The van der Waals surface area contributed by atoms with Crippen LogP contribution < -0.4 is 5.32 Å². The van der Waals surface area contributed by atoms with Crippen molar-refractivity contribution in [2.75, 3.05) is 0 Å². The third-order valence-electron chi connectivity index (χ3n) is 2.59. The van der Waals surface area contributed by atoms with E-state index in [2.05, 4.69) is 5.32 Å². The molecule has 0 aromatic heterocycles. The van der Waals surface area contributed by atoms with Gasteiger partial charge < -0.3 is 10.4 Å². The standard InChI is InChI=1S/C9H17NO2/c11-7-10-9(12)8-5-3-1-2-4-6-8/h7-9,12H,1-6H2,(H,10,11). The highest BCUT2D eigenvalue weighted by Crippen LogP contribution is 2.24. The summed E-state index contributed by atoms with van der Waals surface area (Å²) in [5, 5.41) is 11.9. The van der Waals surface area contributed by atoms with Gasteiger partial charge in [0, 0.05) is 5.92 Å². The van der Waals surface area contributed by atoms with E-state index in [1.807, 2.05) is 0 Å². The number of amides is 1. The zero-order chi connectivity index (χ0) is 8.81. The predicted molar refractivity (Wildman–Crippen MR) is 46.4 cm³/mol. The van der Waals surface area contributed by atoms with Crippen molar-refractivity contribution in [1.29, 1.82) is 0 Å². The average molecular weight is 171 g/mol. The number of aliphatic hydroxyl groups excluding tert-OH is 1. The minimum Gasteiger partial charge on any atom is -0.373 e. The molecule has 1 saturated carbocycles. The van der Waals surface area contributed by atoms with Gasteiger partial charge in [0.05, 0.1) is 0 Å². The Morgan fingerprint density at radius 3 is 2.33 bits per heavy atom. The van der Waals surface area contributed by atoms with E-state index in [-0.39, 0.29) is 5.92 Å². The molecule has 3 nitrogen and oxygen atoms in total. The molecule has 12 heavy (non-hydrogen) atoms. The maximum absolute atomic E-state index is 10.1. The van der Waals surface area contributed by atoms with Crippen LogP contribution in [0.1, 0.15) is 38.5 Å². The SMILES string of the molecule is O=CNC(O)C1CCCCCC1. The highest BCUT2D eigenvalue weighted by atomic mass is 16.3. The lowest BCUT2D eigenvalue weighted by Crippen LogP contribution is -2.34. The lowest BCUT2D eigenvalue weighted by Gasteiger charge is -2.19. The molecular formula is C9H17NO2. The molecule has 1 aliphatic carbocycles. The topological polar surface area (TPSA) is 49.3 Å². The van der Waals surface area contributed by atoms with E-state index in [9.17, 15) is 9.90 Å².